The molecule has 1 atom stereocenters. The fourth-order valence-electron chi connectivity index (χ4n) is 2.63. The summed E-state index contributed by atoms with van der Waals surface area (Å²) in [6, 6.07) is 2.09. The third-order valence-corrected chi connectivity index (χ3v) is 3.76. The number of nitrogens with two attached hydrogens (primary N) is 1. The van der Waals surface area contributed by atoms with Crippen LogP contribution >= 0.6 is 0 Å². The van der Waals surface area contributed by atoms with E-state index in [-0.39, 0.29) is 0 Å². The molecule has 0 saturated carbocycles. The second-order valence-electron chi connectivity index (χ2n) is 5.35. The van der Waals surface area contributed by atoms with Gasteiger partial charge in [0.25, 0.3) is 0 Å². The van der Waals surface area contributed by atoms with Gasteiger partial charge in [0.2, 0.25) is 0 Å². The lowest BCUT2D eigenvalue weighted by Crippen LogP contribution is -2.39. The van der Waals surface area contributed by atoms with Crippen molar-refractivity contribution in [1.29, 1.82) is 0 Å². The maximum absolute atomic E-state index is 5.79. The van der Waals surface area contributed by atoms with Crippen molar-refractivity contribution in [2.24, 2.45) is 11.7 Å². The summed E-state index contributed by atoms with van der Waals surface area (Å²) in [7, 11) is 2.08. The van der Waals surface area contributed by atoms with Crippen LogP contribution in [0.2, 0.25) is 0 Å². The molecule has 1 aromatic rings. The minimum absolute atomic E-state index is 0.598. The first kappa shape index (κ1) is 14.1. The van der Waals surface area contributed by atoms with Crippen LogP contribution in [0, 0.1) is 5.92 Å². The molecular formula is C14H25N5. The highest BCUT2D eigenvalue weighted by molar-refractivity contribution is 5.49. The van der Waals surface area contributed by atoms with Gasteiger partial charge in [-0.15, -0.1) is 0 Å². The van der Waals surface area contributed by atoms with E-state index in [1.165, 1.54) is 12.8 Å². The highest BCUT2D eigenvalue weighted by Gasteiger charge is 2.20. The summed E-state index contributed by atoms with van der Waals surface area (Å²) in [5, 5.41) is 0. The van der Waals surface area contributed by atoms with Gasteiger partial charge in [-0.3, -0.25) is 0 Å². The summed E-state index contributed by atoms with van der Waals surface area (Å²) in [5.74, 6) is 2.63. The normalized spacial score (nSPS) is 19.5. The van der Waals surface area contributed by atoms with E-state index >= 15 is 0 Å². The maximum atomic E-state index is 5.79. The summed E-state index contributed by atoms with van der Waals surface area (Å²) < 4.78 is 0. The molecule has 5 heteroatoms. The second-order valence-corrected chi connectivity index (χ2v) is 5.35. The number of anilines is 2. The van der Waals surface area contributed by atoms with Crippen molar-refractivity contribution < 1.29 is 0 Å². The molecule has 0 aliphatic carbocycles. The van der Waals surface area contributed by atoms with E-state index in [1.54, 1.807) is 6.33 Å². The summed E-state index contributed by atoms with van der Waals surface area (Å²) in [6.45, 7) is 6.05. The number of hydrogen-bond donors (Lipinski definition) is 1. The number of hydrogen-bond acceptors (Lipinski definition) is 5. The average Bonchev–Trinajstić information content (AvgIpc) is 2.48. The van der Waals surface area contributed by atoms with Crippen LogP contribution in [0.4, 0.5) is 11.6 Å². The lowest BCUT2D eigenvalue weighted by Gasteiger charge is -2.33. The molecule has 0 aromatic carbocycles. The Kier molecular flexibility index (Phi) is 4.96. The van der Waals surface area contributed by atoms with E-state index < -0.39 is 0 Å². The third kappa shape index (κ3) is 3.56. The summed E-state index contributed by atoms with van der Waals surface area (Å²) in [4.78, 5) is 13.3. The Morgan fingerprint density at radius 1 is 1.47 bits per heavy atom. The van der Waals surface area contributed by atoms with Gasteiger partial charge in [0, 0.05) is 32.7 Å². The van der Waals surface area contributed by atoms with E-state index in [1.807, 2.05) is 0 Å². The Bertz CT molecular complexity index is 395. The third-order valence-electron chi connectivity index (χ3n) is 3.76. The fraction of sp³-hybridized carbons (Fsp3) is 0.714. The number of rotatable bonds is 5. The van der Waals surface area contributed by atoms with Gasteiger partial charge < -0.3 is 15.5 Å². The Morgan fingerprint density at radius 2 is 2.32 bits per heavy atom. The predicted molar refractivity (Wildman–Crippen MR) is 79.6 cm³/mol. The molecule has 106 valence electrons. The van der Waals surface area contributed by atoms with Gasteiger partial charge in [0.1, 0.15) is 18.0 Å². The Labute approximate surface area is 115 Å². The van der Waals surface area contributed by atoms with Crippen molar-refractivity contribution in [3.05, 3.63) is 12.4 Å². The first-order valence-corrected chi connectivity index (χ1v) is 7.22. The maximum Gasteiger partial charge on any atom is 0.134 e. The molecule has 1 aliphatic rings. The molecule has 0 spiro atoms. The zero-order chi connectivity index (χ0) is 13.7. The van der Waals surface area contributed by atoms with Crippen LogP contribution in [0.25, 0.3) is 0 Å². The Hall–Kier alpha value is -1.36. The molecule has 1 fully saturated rings. The molecule has 1 aromatic heterocycles. The van der Waals surface area contributed by atoms with Crippen molar-refractivity contribution in [2.45, 2.75) is 26.2 Å². The largest absolute Gasteiger partial charge is 0.360 e. The van der Waals surface area contributed by atoms with Crippen LogP contribution in [0.15, 0.2) is 12.4 Å². The Morgan fingerprint density at radius 3 is 3.05 bits per heavy atom. The zero-order valence-corrected chi connectivity index (χ0v) is 12.0. The zero-order valence-electron chi connectivity index (χ0n) is 12.0. The van der Waals surface area contributed by atoms with Crippen molar-refractivity contribution in [3.8, 4) is 0 Å². The van der Waals surface area contributed by atoms with Gasteiger partial charge in [-0.05, 0) is 31.7 Å². The molecular weight excluding hydrogens is 238 g/mol. The topological polar surface area (TPSA) is 58.3 Å². The summed E-state index contributed by atoms with van der Waals surface area (Å²) in [5.41, 5.74) is 5.79. The van der Waals surface area contributed by atoms with Gasteiger partial charge in [0.15, 0.2) is 0 Å². The molecule has 1 aliphatic heterocycles. The van der Waals surface area contributed by atoms with E-state index in [0.717, 1.165) is 44.2 Å². The summed E-state index contributed by atoms with van der Waals surface area (Å²) in [6.07, 6.45) is 5.23. The molecule has 1 unspecified atom stereocenters. The van der Waals surface area contributed by atoms with E-state index in [9.17, 15) is 0 Å². The van der Waals surface area contributed by atoms with Crippen LogP contribution in [-0.2, 0) is 0 Å². The average molecular weight is 263 g/mol. The van der Waals surface area contributed by atoms with E-state index in [2.05, 4.69) is 39.8 Å². The fourth-order valence-corrected chi connectivity index (χ4v) is 2.63. The molecule has 1 saturated heterocycles. The van der Waals surface area contributed by atoms with Crippen LogP contribution in [0.3, 0.4) is 0 Å². The smallest absolute Gasteiger partial charge is 0.134 e. The van der Waals surface area contributed by atoms with Crippen LogP contribution < -0.4 is 15.5 Å². The van der Waals surface area contributed by atoms with Gasteiger partial charge in [-0.1, -0.05) is 6.92 Å². The standard InChI is InChI=1S/C14H25N5/c1-3-6-18(2)13-8-14(17-11-16-13)19-7-4-5-12(9-15)10-19/h8,11-12H,3-7,9-10,15H2,1-2H3. The number of aromatic nitrogens is 2. The molecule has 0 amide bonds. The quantitative estimate of drug-likeness (QED) is 0.872. The Balaban J connectivity index is 2.09. The van der Waals surface area contributed by atoms with E-state index in [0.29, 0.717) is 5.92 Å². The molecule has 2 rings (SSSR count). The number of nitrogens with zero attached hydrogens (tertiary/aromatic N) is 4. The molecule has 2 N–H and O–H groups in total. The van der Waals surface area contributed by atoms with Crippen LogP contribution in [0.5, 0.6) is 0 Å². The van der Waals surface area contributed by atoms with Gasteiger partial charge >= 0.3 is 0 Å². The monoisotopic (exact) mass is 263 g/mol. The molecule has 19 heavy (non-hydrogen) atoms. The minimum atomic E-state index is 0.598. The van der Waals surface area contributed by atoms with Gasteiger partial charge in [-0.25, -0.2) is 9.97 Å². The highest BCUT2D eigenvalue weighted by Crippen LogP contribution is 2.23. The predicted octanol–water partition coefficient (Wildman–Crippen LogP) is 1.50. The lowest BCUT2D eigenvalue weighted by atomic mass is 9.98. The molecule has 5 nitrogen and oxygen atoms in total. The van der Waals surface area contributed by atoms with Gasteiger partial charge in [0.05, 0.1) is 0 Å². The SMILES string of the molecule is CCCN(C)c1cc(N2CCCC(CN)C2)ncn1. The molecule has 0 bridgehead atoms. The minimum Gasteiger partial charge on any atom is -0.360 e. The van der Waals surface area contributed by atoms with Crippen LogP contribution in [0.1, 0.15) is 26.2 Å². The highest BCUT2D eigenvalue weighted by atomic mass is 15.2. The molecule has 2 heterocycles. The first-order valence-electron chi connectivity index (χ1n) is 7.22. The van der Waals surface area contributed by atoms with Crippen molar-refractivity contribution in [3.63, 3.8) is 0 Å². The van der Waals surface area contributed by atoms with Crippen LogP contribution in [-0.4, -0.2) is 43.2 Å². The van der Waals surface area contributed by atoms with Gasteiger partial charge in [-0.2, -0.15) is 0 Å². The van der Waals surface area contributed by atoms with E-state index in [4.69, 9.17) is 5.73 Å². The van der Waals surface area contributed by atoms with Crippen molar-refractivity contribution in [2.75, 3.05) is 43.0 Å². The number of piperidine rings is 1. The molecule has 0 radical (unpaired) electrons. The lowest BCUT2D eigenvalue weighted by molar-refractivity contribution is 0.421. The van der Waals surface area contributed by atoms with Crippen molar-refractivity contribution >= 4 is 11.6 Å². The summed E-state index contributed by atoms with van der Waals surface area (Å²) >= 11 is 0. The van der Waals surface area contributed by atoms with Crippen molar-refractivity contribution in [1.82, 2.24) is 9.97 Å². The first-order chi connectivity index (χ1) is 9.24. The second kappa shape index (κ2) is 6.70.